The highest BCUT2D eigenvalue weighted by atomic mass is 16.3. The molecule has 0 bridgehead atoms. The summed E-state index contributed by atoms with van der Waals surface area (Å²) < 4.78 is 10.2. The van der Waals surface area contributed by atoms with Crippen LogP contribution < -0.4 is 10.6 Å². The van der Waals surface area contributed by atoms with Gasteiger partial charge in [-0.15, -0.1) is 0 Å². The smallest absolute Gasteiger partial charge is 0.291 e. The van der Waals surface area contributed by atoms with E-state index in [1.165, 1.54) is 12.5 Å². The minimum absolute atomic E-state index is 0.246. The maximum atomic E-state index is 12.2. The van der Waals surface area contributed by atoms with Crippen molar-refractivity contribution in [2.45, 2.75) is 6.54 Å². The van der Waals surface area contributed by atoms with E-state index in [4.69, 9.17) is 8.83 Å². The predicted octanol–water partition coefficient (Wildman–Crippen LogP) is 4.60. The number of hydrogen-bond acceptors (Lipinski definition) is 5. The lowest BCUT2D eigenvalue weighted by Crippen LogP contribution is -2.22. The number of anilines is 1. The van der Waals surface area contributed by atoms with Gasteiger partial charge in [-0.05, 0) is 48.0 Å². The number of H-pyrrole nitrogens is 1. The first-order valence-electron chi connectivity index (χ1n) is 9.91. The van der Waals surface area contributed by atoms with Crippen LogP contribution >= 0.6 is 0 Å². The van der Waals surface area contributed by atoms with Crippen LogP contribution in [0.1, 0.15) is 26.7 Å². The van der Waals surface area contributed by atoms with Crippen molar-refractivity contribution < 1.29 is 18.4 Å². The van der Waals surface area contributed by atoms with Gasteiger partial charge in [0.2, 0.25) is 0 Å². The van der Waals surface area contributed by atoms with Crippen molar-refractivity contribution in [2.75, 3.05) is 5.32 Å². The molecule has 5 aromatic rings. The molecular formula is C24H18N4O4. The standard InChI is InChI=1S/C24H18N4O4/c29-23(20-3-1-11-31-20)25-14-15-5-7-16(8-6-15)22-27-18-10-9-17(13-19(18)28-22)26-24(30)21-4-2-12-32-21/h1-13H,14H2,(H,25,29)(H,26,30)(H,27,28). The molecule has 0 spiro atoms. The molecule has 2 amide bonds. The SMILES string of the molecule is O=C(NCc1ccc(-c2nc3ccc(NC(=O)c4ccco4)cc3[nH]2)cc1)c1ccco1. The normalized spacial score (nSPS) is 10.9. The Kier molecular flexibility index (Phi) is 5.01. The van der Waals surface area contributed by atoms with Crippen molar-refractivity contribution in [1.29, 1.82) is 0 Å². The fourth-order valence-corrected chi connectivity index (χ4v) is 3.28. The zero-order valence-electron chi connectivity index (χ0n) is 16.8. The molecule has 8 heteroatoms. The number of rotatable bonds is 6. The summed E-state index contributed by atoms with van der Waals surface area (Å²) in [6, 6.07) is 19.7. The summed E-state index contributed by atoms with van der Waals surface area (Å²) in [6.45, 7) is 0.388. The summed E-state index contributed by atoms with van der Waals surface area (Å²) in [5.74, 6) is 0.662. The van der Waals surface area contributed by atoms with Crippen molar-refractivity contribution in [3.8, 4) is 11.4 Å². The fourth-order valence-electron chi connectivity index (χ4n) is 3.28. The zero-order chi connectivity index (χ0) is 21.9. The number of fused-ring (bicyclic) bond motifs is 1. The van der Waals surface area contributed by atoms with Gasteiger partial charge in [0.05, 0.1) is 23.6 Å². The van der Waals surface area contributed by atoms with E-state index in [2.05, 4.69) is 20.6 Å². The molecule has 0 aliphatic carbocycles. The number of amides is 2. The molecule has 0 fully saturated rings. The lowest BCUT2D eigenvalue weighted by atomic mass is 10.1. The van der Waals surface area contributed by atoms with Gasteiger partial charge >= 0.3 is 0 Å². The molecule has 158 valence electrons. The highest BCUT2D eigenvalue weighted by molar-refractivity contribution is 6.03. The van der Waals surface area contributed by atoms with Crippen molar-refractivity contribution in [3.63, 3.8) is 0 Å². The molecular weight excluding hydrogens is 408 g/mol. The summed E-state index contributed by atoms with van der Waals surface area (Å²) in [5, 5.41) is 5.62. The molecule has 0 radical (unpaired) electrons. The van der Waals surface area contributed by atoms with Crippen LogP contribution in [0.2, 0.25) is 0 Å². The average Bonchev–Trinajstić information content (AvgIpc) is 3.59. The van der Waals surface area contributed by atoms with E-state index in [9.17, 15) is 9.59 Å². The summed E-state index contributed by atoms with van der Waals surface area (Å²) in [4.78, 5) is 32.0. The molecule has 0 unspecified atom stereocenters. The minimum Gasteiger partial charge on any atom is -0.459 e. The number of carbonyl (C=O) groups is 2. The van der Waals surface area contributed by atoms with Crippen molar-refractivity contribution in [3.05, 3.63) is 96.3 Å². The number of imidazole rings is 1. The first kappa shape index (κ1) is 19.4. The molecule has 3 N–H and O–H groups in total. The first-order chi connectivity index (χ1) is 15.7. The molecule has 0 aliphatic heterocycles. The fraction of sp³-hybridized carbons (Fsp3) is 0.0417. The number of benzene rings is 2. The Hall–Kier alpha value is -4.59. The Bertz CT molecular complexity index is 1370. The third-order valence-corrected chi connectivity index (χ3v) is 4.91. The van der Waals surface area contributed by atoms with Crippen LogP contribution in [0.4, 0.5) is 5.69 Å². The number of furan rings is 2. The zero-order valence-corrected chi connectivity index (χ0v) is 16.8. The van der Waals surface area contributed by atoms with Crippen molar-refractivity contribution in [2.24, 2.45) is 0 Å². The van der Waals surface area contributed by atoms with E-state index in [1.54, 1.807) is 30.3 Å². The minimum atomic E-state index is -0.316. The summed E-state index contributed by atoms with van der Waals surface area (Å²) in [5.41, 5.74) is 4.07. The molecule has 2 aromatic carbocycles. The summed E-state index contributed by atoms with van der Waals surface area (Å²) in [7, 11) is 0. The molecule has 0 saturated heterocycles. The maximum Gasteiger partial charge on any atom is 0.291 e. The number of nitrogens with one attached hydrogen (secondary N) is 3. The number of aromatic amines is 1. The Labute approximate surface area is 182 Å². The number of carbonyl (C=O) groups excluding carboxylic acids is 2. The van der Waals surface area contributed by atoms with Crippen LogP contribution in [-0.4, -0.2) is 21.8 Å². The van der Waals surface area contributed by atoms with Crippen LogP contribution in [0.25, 0.3) is 22.4 Å². The quantitative estimate of drug-likeness (QED) is 0.367. The summed E-state index contributed by atoms with van der Waals surface area (Å²) >= 11 is 0. The highest BCUT2D eigenvalue weighted by Gasteiger charge is 2.11. The molecule has 0 aliphatic rings. The van der Waals surface area contributed by atoms with Gasteiger partial charge in [-0.1, -0.05) is 24.3 Å². The topological polar surface area (TPSA) is 113 Å². The molecule has 0 saturated carbocycles. The number of nitrogens with zero attached hydrogens (tertiary/aromatic N) is 1. The van der Waals surface area contributed by atoms with E-state index in [1.807, 2.05) is 36.4 Å². The van der Waals surface area contributed by atoms with Gasteiger partial charge in [0.15, 0.2) is 11.5 Å². The molecule has 5 rings (SSSR count). The van der Waals surface area contributed by atoms with Crippen LogP contribution in [0.15, 0.2) is 88.1 Å². The molecule has 3 heterocycles. The van der Waals surface area contributed by atoms with Gasteiger partial charge in [-0.2, -0.15) is 0 Å². The van der Waals surface area contributed by atoms with Crippen molar-refractivity contribution in [1.82, 2.24) is 15.3 Å². The van der Waals surface area contributed by atoms with Gasteiger partial charge in [0, 0.05) is 17.8 Å². The Balaban J connectivity index is 1.28. The maximum absolute atomic E-state index is 12.2. The molecule has 8 nitrogen and oxygen atoms in total. The second kappa shape index (κ2) is 8.27. The van der Waals surface area contributed by atoms with Gasteiger partial charge in [-0.3, -0.25) is 9.59 Å². The van der Waals surface area contributed by atoms with E-state index in [-0.39, 0.29) is 23.3 Å². The van der Waals surface area contributed by atoms with Gasteiger partial charge < -0.3 is 24.5 Å². The van der Waals surface area contributed by atoms with E-state index < -0.39 is 0 Å². The molecule has 0 atom stereocenters. The van der Waals surface area contributed by atoms with Crippen LogP contribution in [-0.2, 0) is 6.54 Å². The second-order valence-corrected chi connectivity index (χ2v) is 7.11. The third kappa shape index (κ3) is 4.01. The predicted molar refractivity (Wildman–Crippen MR) is 118 cm³/mol. The van der Waals surface area contributed by atoms with Crippen LogP contribution in [0.5, 0.6) is 0 Å². The van der Waals surface area contributed by atoms with E-state index in [0.29, 0.717) is 18.1 Å². The lowest BCUT2D eigenvalue weighted by molar-refractivity contribution is 0.0922. The van der Waals surface area contributed by atoms with Gasteiger partial charge in [0.1, 0.15) is 5.82 Å². The van der Waals surface area contributed by atoms with Gasteiger partial charge in [0.25, 0.3) is 11.8 Å². The average molecular weight is 426 g/mol. The number of hydrogen-bond donors (Lipinski definition) is 3. The Morgan fingerprint density at radius 3 is 2.28 bits per heavy atom. The highest BCUT2D eigenvalue weighted by Crippen LogP contribution is 2.23. The molecule has 32 heavy (non-hydrogen) atoms. The Morgan fingerprint density at radius 2 is 1.59 bits per heavy atom. The van der Waals surface area contributed by atoms with Gasteiger partial charge in [-0.25, -0.2) is 4.98 Å². The van der Waals surface area contributed by atoms with E-state index in [0.717, 1.165) is 22.2 Å². The second-order valence-electron chi connectivity index (χ2n) is 7.11. The Morgan fingerprint density at radius 1 is 0.875 bits per heavy atom. The monoisotopic (exact) mass is 426 g/mol. The van der Waals surface area contributed by atoms with Crippen LogP contribution in [0, 0.1) is 0 Å². The van der Waals surface area contributed by atoms with Crippen molar-refractivity contribution >= 4 is 28.5 Å². The summed E-state index contributed by atoms with van der Waals surface area (Å²) in [6.07, 6.45) is 2.92. The van der Waals surface area contributed by atoms with E-state index >= 15 is 0 Å². The third-order valence-electron chi connectivity index (χ3n) is 4.91. The van der Waals surface area contributed by atoms with Crippen LogP contribution in [0.3, 0.4) is 0 Å². The lowest BCUT2D eigenvalue weighted by Gasteiger charge is -2.04. The molecule has 3 aromatic heterocycles. The largest absolute Gasteiger partial charge is 0.459 e. The first-order valence-corrected chi connectivity index (χ1v) is 9.91. The number of aromatic nitrogens is 2.